The number of benzene rings is 4. The van der Waals surface area contributed by atoms with Crippen LogP contribution < -0.4 is 20.1 Å². The van der Waals surface area contributed by atoms with Crippen molar-refractivity contribution >= 4 is 58.3 Å². The summed E-state index contributed by atoms with van der Waals surface area (Å²) in [5.41, 5.74) is 2.94. The number of carbonyl (C=O) groups is 3. The lowest BCUT2D eigenvalue weighted by Crippen LogP contribution is -2.60. The Bertz CT molecular complexity index is 3230. The summed E-state index contributed by atoms with van der Waals surface area (Å²) in [7, 11) is 0. The van der Waals surface area contributed by atoms with Crippen molar-refractivity contribution in [3.05, 3.63) is 153 Å². The Morgan fingerprint density at radius 2 is 1.52 bits per heavy atom. The first-order chi connectivity index (χ1) is 38.8. The van der Waals surface area contributed by atoms with Crippen molar-refractivity contribution in [1.29, 1.82) is 0 Å². The summed E-state index contributed by atoms with van der Waals surface area (Å²) >= 11 is 13.0. The lowest BCUT2D eigenvalue weighted by molar-refractivity contribution is -0.121. The number of aromatic nitrogens is 3. The molecule has 15 nitrogen and oxygen atoms in total. The molecule has 1 fully saturated rings. The summed E-state index contributed by atoms with van der Waals surface area (Å²) in [6.07, 6.45) is 9.11. The quantitative estimate of drug-likeness (QED) is 0.0851. The van der Waals surface area contributed by atoms with E-state index in [0.717, 1.165) is 80.4 Å². The molecule has 0 saturated carbocycles. The average Bonchev–Trinajstić information content (AvgIpc) is 3.87. The van der Waals surface area contributed by atoms with E-state index >= 15 is 4.79 Å². The van der Waals surface area contributed by atoms with Crippen LogP contribution in [0.25, 0.3) is 5.65 Å². The Labute approximate surface area is 486 Å². The van der Waals surface area contributed by atoms with Gasteiger partial charge in [-0.1, -0.05) is 100.0 Å². The second-order valence-corrected chi connectivity index (χ2v) is 23.9. The van der Waals surface area contributed by atoms with Crippen molar-refractivity contribution < 1.29 is 28.2 Å². The number of amides is 4. The van der Waals surface area contributed by atoms with Gasteiger partial charge < -0.3 is 29.9 Å². The highest BCUT2D eigenvalue weighted by atomic mass is 35.5. The van der Waals surface area contributed by atoms with Crippen molar-refractivity contribution in [2.24, 2.45) is 4.99 Å². The molecule has 0 radical (unpaired) electrons. The summed E-state index contributed by atoms with van der Waals surface area (Å²) < 4.78 is 28.7. The van der Waals surface area contributed by atoms with Gasteiger partial charge in [-0.15, -0.1) is 0 Å². The van der Waals surface area contributed by atoms with Gasteiger partial charge in [0.15, 0.2) is 5.65 Å². The zero-order valence-corrected chi connectivity index (χ0v) is 49.5. The molecule has 2 N–H and O–H groups in total. The van der Waals surface area contributed by atoms with Crippen LogP contribution in [0, 0.1) is 5.82 Å². The number of anilines is 1. The number of ether oxygens (including phenoxy) is 2. The molecular formula is C63H77Cl2FN10O5. The van der Waals surface area contributed by atoms with E-state index in [1.165, 1.54) is 18.3 Å². The summed E-state index contributed by atoms with van der Waals surface area (Å²) in [6.45, 7) is 21.2. The van der Waals surface area contributed by atoms with Gasteiger partial charge in [-0.25, -0.2) is 18.7 Å². The van der Waals surface area contributed by atoms with Crippen LogP contribution in [0.5, 0.6) is 11.5 Å². The number of urea groups is 1. The Morgan fingerprint density at radius 3 is 2.21 bits per heavy atom. The molecule has 2 aromatic heterocycles. The first-order valence-corrected chi connectivity index (χ1v) is 29.4. The highest BCUT2D eigenvalue weighted by Gasteiger charge is 2.60. The van der Waals surface area contributed by atoms with Crippen LogP contribution in [0.2, 0.25) is 10.0 Å². The first-order valence-electron chi connectivity index (χ1n) is 28.6. The molecule has 4 amide bonds. The van der Waals surface area contributed by atoms with E-state index in [1.54, 1.807) is 27.7 Å². The van der Waals surface area contributed by atoms with Crippen LogP contribution in [0.4, 0.5) is 15.0 Å². The number of fused-ring (bicyclic) bond motifs is 2. The van der Waals surface area contributed by atoms with E-state index in [-0.39, 0.29) is 54.8 Å². The molecule has 2 bridgehead atoms. The zero-order valence-electron chi connectivity index (χ0n) is 48.0. The number of nitrogens with zero attached hydrogens (tertiary/aromatic N) is 8. The molecule has 4 atom stereocenters. The van der Waals surface area contributed by atoms with Crippen LogP contribution >= 0.6 is 23.2 Å². The molecule has 5 heterocycles. The van der Waals surface area contributed by atoms with Crippen molar-refractivity contribution in [3.63, 3.8) is 0 Å². The van der Waals surface area contributed by atoms with E-state index in [1.807, 2.05) is 79.1 Å². The molecule has 1 unspecified atom stereocenters. The Kier molecular flexibility index (Phi) is 18.3. The fraction of sp³-hybridized carbons (Fsp3) is 0.460. The number of rotatable bonds is 17. The fourth-order valence-electron chi connectivity index (χ4n) is 11.4. The van der Waals surface area contributed by atoms with Gasteiger partial charge in [-0.3, -0.25) is 24.4 Å². The van der Waals surface area contributed by atoms with Gasteiger partial charge in [0.05, 0.1) is 31.0 Å². The topological polar surface area (TPSA) is 149 Å². The summed E-state index contributed by atoms with van der Waals surface area (Å²) in [5, 5.41) is 11.9. The monoisotopic (exact) mass is 1140 g/mol. The number of aliphatic imine (C=N–C) groups is 1. The molecule has 6 aromatic rings. The molecular weight excluding hydrogens is 1070 g/mol. The van der Waals surface area contributed by atoms with E-state index in [2.05, 4.69) is 73.4 Å². The summed E-state index contributed by atoms with van der Waals surface area (Å²) in [6, 6.07) is 27.5. The van der Waals surface area contributed by atoms with Gasteiger partial charge >= 0.3 is 6.03 Å². The minimum absolute atomic E-state index is 0.0584. The van der Waals surface area contributed by atoms with E-state index < -0.39 is 17.2 Å². The normalized spacial score (nSPS) is 20.7. The molecule has 81 heavy (non-hydrogen) atoms. The number of hydrogen-bond acceptors (Lipinski definition) is 10. The average molecular weight is 1140 g/mol. The lowest BCUT2D eigenvalue weighted by Gasteiger charge is -2.47. The number of nitrogens with one attached hydrogen (secondary N) is 2. The van der Waals surface area contributed by atoms with Gasteiger partial charge in [0.2, 0.25) is 5.91 Å². The first kappa shape index (κ1) is 58.9. The maximum absolute atomic E-state index is 15.5. The van der Waals surface area contributed by atoms with Crippen molar-refractivity contribution in [2.75, 3.05) is 64.3 Å². The van der Waals surface area contributed by atoms with Gasteiger partial charge in [0.1, 0.15) is 51.7 Å². The maximum atomic E-state index is 15.5. The molecule has 9 rings (SSSR count). The van der Waals surface area contributed by atoms with Crippen molar-refractivity contribution in [1.82, 2.24) is 39.5 Å². The lowest BCUT2D eigenvalue weighted by atomic mass is 9.71. The Balaban J connectivity index is 0.765. The smallest absolute Gasteiger partial charge is 0.326 e. The number of carbonyl (C=O) groups excluding carboxylic acids is 3. The van der Waals surface area contributed by atoms with Crippen LogP contribution in [0.1, 0.15) is 145 Å². The van der Waals surface area contributed by atoms with Crippen LogP contribution in [-0.2, 0) is 21.3 Å². The third kappa shape index (κ3) is 13.0. The number of piperazine rings is 1. The molecule has 430 valence electrons. The number of unbranched alkanes of at least 4 members (excludes halogenated alkanes) is 5. The van der Waals surface area contributed by atoms with E-state index in [4.69, 9.17) is 42.7 Å². The number of amidine groups is 1. The highest BCUT2D eigenvalue weighted by Crippen LogP contribution is 2.54. The molecule has 0 spiro atoms. The second-order valence-electron chi connectivity index (χ2n) is 23.0. The minimum atomic E-state index is -1.01. The standard InChI is InChI=1S/C63H77Cl2FN10O5/c1-9-80-54-38-46(61(4,5)6)21-27-50(54)58-71-62(7,44-17-22-47(64)23-18-44)63(8,45-19-24-48(65)25-20-45)76(58)60(79)73-36-34-72(35-37-73)31-15-13-11-10-12-14-16-56(77)67-30-33-74-41-42(2)81-53-28-26-49(66)39-51(53)43(3)69-55-29-32-75-57(70-55)52(40-68-75)59(74)78/h17-29,32,38-40,42-43H,9-16,30-31,33-37,41H2,1-8H3,(H,67,77)(H,69,70)/t42-,43?,62+,63-/m0/s1. The van der Waals surface area contributed by atoms with Gasteiger partial charge in [-0.2, -0.15) is 5.10 Å². The number of halogens is 3. The highest BCUT2D eigenvalue weighted by molar-refractivity contribution is 6.30. The molecule has 3 aliphatic rings. The van der Waals surface area contributed by atoms with Crippen molar-refractivity contribution in [2.45, 2.75) is 129 Å². The van der Waals surface area contributed by atoms with Crippen molar-refractivity contribution in [3.8, 4) is 11.5 Å². The SMILES string of the molecule is CCOc1cc(C(C)(C)C)ccc1C1=N[C@](C)(c2ccc(Cl)cc2)[C@](C)(c2ccc(Cl)cc2)N1C(=O)N1CCN(CCCCCCCCC(=O)NCCN2C[C@H](C)Oc3ccc(F)cc3C(C)Nc3ccn4ncc(c4n3)C2=O)CC1. The van der Waals surface area contributed by atoms with Crippen LogP contribution in [0.15, 0.2) is 108 Å². The second kappa shape index (κ2) is 25.2. The predicted molar refractivity (Wildman–Crippen MR) is 318 cm³/mol. The summed E-state index contributed by atoms with van der Waals surface area (Å²) in [5.74, 6) is 1.52. The van der Waals surface area contributed by atoms with Gasteiger partial charge in [0, 0.05) is 67.5 Å². The van der Waals surface area contributed by atoms with Crippen LogP contribution in [-0.4, -0.2) is 123 Å². The third-order valence-corrected chi connectivity index (χ3v) is 16.8. The van der Waals surface area contributed by atoms with Gasteiger partial charge in [-0.05, 0) is 137 Å². The third-order valence-electron chi connectivity index (χ3n) is 16.3. The molecule has 18 heteroatoms. The predicted octanol–water partition coefficient (Wildman–Crippen LogP) is 12.4. The molecule has 4 aromatic carbocycles. The number of hydrogen-bond donors (Lipinski definition) is 2. The maximum Gasteiger partial charge on any atom is 0.326 e. The van der Waals surface area contributed by atoms with E-state index in [9.17, 15) is 14.0 Å². The Morgan fingerprint density at radius 1 is 0.840 bits per heavy atom. The largest absolute Gasteiger partial charge is 0.493 e. The minimum Gasteiger partial charge on any atom is -0.493 e. The molecule has 0 aliphatic carbocycles. The molecule has 1 saturated heterocycles. The zero-order chi connectivity index (χ0) is 57.6. The van der Waals surface area contributed by atoms with Crippen LogP contribution in [0.3, 0.4) is 0 Å². The van der Waals surface area contributed by atoms with Gasteiger partial charge in [0.25, 0.3) is 5.91 Å². The fourth-order valence-corrected chi connectivity index (χ4v) is 11.7. The molecule has 3 aliphatic heterocycles. The Hall–Kier alpha value is -6.75. The van der Waals surface area contributed by atoms with E-state index in [0.29, 0.717) is 76.1 Å². The summed E-state index contributed by atoms with van der Waals surface area (Å²) in [4.78, 5) is 61.0.